The quantitative estimate of drug-likeness (QED) is 0.912. The smallest absolute Gasteiger partial charge is 0.0950 e. The van der Waals surface area contributed by atoms with Gasteiger partial charge in [-0.25, -0.2) is 4.98 Å². The largest absolute Gasteiger partial charge is 0.328 e. The average molecular weight is 260 g/mol. The van der Waals surface area contributed by atoms with Gasteiger partial charge in [0.2, 0.25) is 0 Å². The first-order valence-corrected chi connectivity index (χ1v) is 7.23. The molecule has 0 bridgehead atoms. The van der Waals surface area contributed by atoms with Crippen LogP contribution >= 0.6 is 11.3 Å². The normalized spacial score (nSPS) is 12.7. The third-order valence-electron chi connectivity index (χ3n) is 2.97. The molecule has 1 heterocycles. The Morgan fingerprint density at radius 3 is 2.50 bits per heavy atom. The molecule has 96 valence electrons. The number of thiazole rings is 1. The van der Waals surface area contributed by atoms with Gasteiger partial charge >= 0.3 is 0 Å². The molecule has 0 aliphatic heterocycles. The van der Waals surface area contributed by atoms with Crippen LogP contribution < -0.4 is 5.73 Å². The molecule has 2 N–H and O–H groups in total. The predicted octanol–water partition coefficient (Wildman–Crippen LogP) is 3.57. The van der Waals surface area contributed by atoms with Crippen molar-refractivity contribution in [2.45, 2.75) is 39.7 Å². The minimum atomic E-state index is 0.172. The van der Waals surface area contributed by atoms with E-state index in [0.29, 0.717) is 0 Å². The van der Waals surface area contributed by atoms with E-state index in [1.54, 1.807) is 11.3 Å². The molecule has 1 aromatic heterocycles. The van der Waals surface area contributed by atoms with Gasteiger partial charge in [-0.1, -0.05) is 31.2 Å². The zero-order chi connectivity index (χ0) is 13.1. The molecule has 0 aliphatic carbocycles. The zero-order valence-electron chi connectivity index (χ0n) is 11.2. The number of benzene rings is 1. The lowest BCUT2D eigenvalue weighted by molar-refractivity contribution is 0.734. The Hall–Kier alpha value is -1.19. The summed E-state index contributed by atoms with van der Waals surface area (Å²) >= 11 is 1.76. The molecular weight excluding hydrogens is 240 g/mol. The minimum absolute atomic E-state index is 0.172. The zero-order valence-corrected chi connectivity index (χ0v) is 12.1. The Morgan fingerprint density at radius 2 is 1.94 bits per heavy atom. The summed E-state index contributed by atoms with van der Waals surface area (Å²) in [6, 6.07) is 8.86. The molecule has 3 heteroatoms. The Labute approximate surface area is 113 Å². The molecule has 2 nitrogen and oxygen atoms in total. The van der Waals surface area contributed by atoms with Gasteiger partial charge in [0.15, 0.2) is 0 Å². The van der Waals surface area contributed by atoms with Crippen molar-refractivity contribution in [2.75, 3.05) is 0 Å². The van der Waals surface area contributed by atoms with Crippen LogP contribution in [0.3, 0.4) is 0 Å². The standard InChI is InChI=1S/C15H20N2S/c1-4-12-5-7-13(8-6-12)15-11(3)18-14(17-15)9-10(2)16/h5-8,10H,4,9,16H2,1-3H3. The molecule has 1 atom stereocenters. The van der Waals surface area contributed by atoms with Gasteiger partial charge in [0, 0.05) is 22.9 Å². The first-order valence-electron chi connectivity index (χ1n) is 6.41. The van der Waals surface area contributed by atoms with Gasteiger partial charge in [-0.3, -0.25) is 0 Å². The highest BCUT2D eigenvalue weighted by Gasteiger charge is 2.10. The second-order valence-corrected chi connectivity index (χ2v) is 6.03. The molecule has 0 saturated heterocycles. The summed E-state index contributed by atoms with van der Waals surface area (Å²) in [5, 5.41) is 1.14. The van der Waals surface area contributed by atoms with Crippen molar-refractivity contribution in [2.24, 2.45) is 5.73 Å². The van der Waals surface area contributed by atoms with Gasteiger partial charge < -0.3 is 5.73 Å². The average Bonchev–Trinajstić information content (AvgIpc) is 2.69. The number of nitrogens with two attached hydrogens (primary N) is 1. The fourth-order valence-corrected chi connectivity index (χ4v) is 3.08. The number of nitrogens with zero attached hydrogens (tertiary/aromatic N) is 1. The van der Waals surface area contributed by atoms with Crippen LogP contribution in [0.4, 0.5) is 0 Å². The maximum absolute atomic E-state index is 5.83. The van der Waals surface area contributed by atoms with Crippen LogP contribution in [0.25, 0.3) is 11.3 Å². The van der Waals surface area contributed by atoms with Gasteiger partial charge in [-0.15, -0.1) is 11.3 Å². The Balaban J connectivity index is 2.29. The van der Waals surface area contributed by atoms with Gasteiger partial charge in [-0.2, -0.15) is 0 Å². The molecule has 0 aliphatic rings. The van der Waals surface area contributed by atoms with Crippen LogP contribution in [-0.2, 0) is 12.8 Å². The van der Waals surface area contributed by atoms with E-state index in [1.165, 1.54) is 16.0 Å². The highest BCUT2D eigenvalue weighted by atomic mass is 32.1. The molecule has 0 saturated carbocycles. The second kappa shape index (κ2) is 5.63. The molecule has 0 spiro atoms. The van der Waals surface area contributed by atoms with Crippen molar-refractivity contribution in [3.8, 4) is 11.3 Å². The Kier molecular flexibility index (Phi) is 4.15. The molecule has 2 aromatic rings. The van der Waals surface area contributed by atoms with Gasteiger partial charge in [0.1, 0.15) is 0 Å². The van der Waals surface area contributed by atoms with Crippen LogP contribution in [0, 0.1) is 6.92 Å². The number of hydrogen-bond acceptors (Lipinski definition) is 3. The van der Waals surface area contributed by atoms with Gasteiger partial charge in [0.25, 0.3) is 0 Å². The van der Waals surface area contributed by atoms with E-state index in [-0.39, 0.29) is 6.04 Å². The van der Waals surface area contributed by atoms with Crippen LogP contribution in [0.1, 0.15) is 29.3 Å². The molecule has 0 radical (unpaired) electrons. The third kappa shape index (κ3) is 2.98. The van der Waals surface area contributed by atoms with E-state index < -0.39 is 0 Å². The fourth-order valence-electron chi connectivity index (χ4n) is 1.98. The highest BCUT2D eigenvalue weighted by molar-refractivity contribution is 7.12. The van der Waals surface area contributed by atoms with E-state index in [4.69, 9.17) is 10.7 Å². The maximum atomic E-state index is 5.83. The molecule has 1 aromatic carbocycles. The summed E-state index contributed by atoms with van der Waals surface area (Å²) in [5.41, 5.74) is 9.51. The summed E-state index contributed by atoms with van der Waals surface area (Å²) in [4.78, 5) is 5.99. The number of hydrogen-bond donors (Lipinski definition) is 1. The lowest BCUT2D eigenvalue weighted by Crippen LogP contribution is -2.17. The fraction of sp³-hybridized carbons (Fsp3) is 0.400. The molecule has 18 heavy (non-hydrogen) atoms. The first kappa shape index (κ1) is 13.2. The van der Waals surface area contributed by atoms with Crippen LogP contribution in [-0.4, -0.2) is 11.0 Å². The monoisotopic (exact) mass is 260 g/mol. The molecular formula is C15H20N2S. The van der Waals surface area contributed by atoms with E-state index in [9.17, 15) is 0 Å². The van der Waals surface area contributed by atoms with E-state index in [0.717, 1.165) is 23.5 Å². The van der Waals surface area contributed by atoms with E-state index >= 15 is 0 Å². The van der Waals surface area contributed by atoms with Crippen molar-refractivity contribution in [3.05, 3.63) is 39.7 Å². The van der Waals surface area contributed by atoms with Crippen LogP contribution in [0.15, 0.2) is 24.3 Å². The van der Waals surface area contributed by atoms with Crippen LogP contribution in [0.2, 0.25) is 0 Å². The maximum Gasteiger partial charge on any atom is 0.0950 e. The van der Waals surface area contributed by atoms with Crippen LogP contribution in [0.5, 0.6) is 0 Å². The Morgan fingerprint density at radius 1 is 1.28 bits per heavy atom. The topological polar surface area (TPSA) is 38.9 Å². The Bertz CT molecular complexity index is 512. The summed E-state index contributed by atoms with van der Waals surface area (Å²) in [5.74, 6) is 0. The van der Waals surface area contributed by atoms with Crippen molar-refractivity contribution in [3.63, 3.8) is 0 Å². The lowest BCUT2D eigenvalue weighted by atomic mass is 10.1. The summed E-state index contributed by atoms with van der Waals surface area (Å²) in [6.45, 7) is 6.32. The number of aromatic nitrogens is 1. The molecule has 0 fully saturated rings. The first-order chi connectivity index (χ1) is 8.60. The van der Waals surface area contributed by atoms with Crippen molar-refractivity contribution >= 4 is 11.3 Å². The molecule has 2 rings (SSSR count). The molecule has 1 unspecified atom stereocenters. The van der Waals surface area contributed by atoms with Crippen molar-refractivity contribution in [1.82, 2.24) is 4.98 Å². The summed E-state index contributed by atoms with van der Waals surface area (Å²) in [7, 11) is 0. The van der Waals surface area contributed by atoms with Gasteiger partial charge in [0.05, 0.1) is 10.7 Å². The summed E-state index contributed by atoms with van der Waals surface area (Å²) < 4.78 is 0. The van der Waals surface area contributed by atoms with Crippen molar-refractivity contribution in [1.29, 1.82) is 0 Å². The summed E-state index contributed by atoms with van der Waals surface area (Å²) in [6.07, 6.45) is 1.94. The SMILES string of the molecule is CCc1ccc(-c2nc(CC(C)N)sc2C)cc1. The number of rotatable bonds is 4. The minimum Gasteiger partial charge on any atom is -0.328 e. The molecule has 0 amide bonds. The van der Waals surface area contributed by atoms with E-state index in [1.807, 2.05) is 6.92 Å². The number of aryl methyl sites for hydroxylation is 2. The van der Waals surface area contributed by atoms with Crippen molar-refractivity contribution < 1.29 is 0 Å². The van der Waals surface area contributed by atoms with E-state index in [2.05, 4.69) is 38.1 Å². The lowest BCUT2D eigenvalue weighted by Gasteiger charge is -2.01. The highest BCUT2D eigenvalue weighted by Crippen LogP contribution is 2.28. The second-order valence-electron chi connectivity index (χ2n) is 4.74. The van der Waals surface area contributed by atoms with Gasteiger partial charge in [-0.05, 0) is 25.8 Å². The third-order valence-corrected chi connectivity index (χ3v) is 3.97. The predicted molar refractivity (Wildman–Crippen MR) is 79.0 cm³/mol.